The van der Waals surface area contributed by atoms with Gasteiger partial charge in [-0.25, -0.2) is 0 Å². The van der Waals surface area contributed by atoms with Gasteiger partial charge < -0.3 is 9.15 Å². The van der Waals surface area contributed by atoms with E-state index < -0.39 is 0 Å². The third kappa shape index (κ3) is 2.30. The second kappa shape index (κ2) is 5.21. The summed E-state index contributed by atoms with van der Waals surface area (Å²) in [7, 11) is 0. The molecule has 3 heteroatoms. The Bertz CT molecular complexity index is 788. The minimum atomic E-state index is -0.0633. The summed E-state index contributed by atoms with van der Waals surface area (Å²) < 4.78 is 11.2. The van der Waals surface area contributed by atoms with Gasteiger partial charge in [-0.1, -0.05) is 30.3 Å². The normalized spacial score (nSPS) is 10.7. The van der Waals surface area contributed by atoms with Gasteiger partial charge in [0, 0.05) is 11.6 Å². The van der Waals surface area contributed by atoms with E-state index in [0.717, 1.165) is 5.56 Å². The lowest BCUT2D eigenvalue weighted by molar-refractivity contribution is 0.340. The monoisotopic (exact) mass is 266 g/mol. The van der Waals surface area contributed by atoms with Crippen molar-refractivity contribution in [2.45, 2.75) is 6.92 Å². The Morgan fingerprint density at radius 3 is 2.60 bits per heavy atom. The fraction of sp³-hybridized carbons (Fsp3) is 0.118. The second-order valence-corrected chi connectivity index (χ2v) is 4.43. The van der Waals surface area contributed by atoms with Gasteiger partial charge in [-0.2, -0.15) is 0 Å². The molecular formula is C17H14O3. The molecule has 0 N–H and O–H groups in total. The van der Waals surface area contributed by atoms with E-state index >= 15 is 0 Å². The third-order valence-corrected chi connectivity index (χ3v) is 3.07. The fourth-order valence-electron chi connectivity index (χ4n) is 2.14. The van der Waals surface area contributed by atoms with Crippen molar-refractivity contribution in [2.24, 2.45) is 0 Å². The van der Waals surface area contributed by atoms with Crippen LogP contribution in [0.1, 0.15) is 6.92 Å². The first-order valence-electron chi connectivity index (χ1n) is 6.54. The third-order valence-electron chi connectivity index (χ3n) is 3.07. The van der Waals surface area contributed by atoms with E-state index in [1.165, 1.54) is 6.07 Å². The molecule has 1 aromatic heterocycles. The van der Waals surface area contributed by atoms with Gasteiger partial charge >= 0.3 is 0 Å². The quantitative estimate of drug-likeness (QED) is 0.722. The number of hydrogen-bond donors (Lipinski definition) is 0. The molecule has 1 heterocycles. The maximum absolute atomic E-state index is 12.2. The first-order valence-corrected chi connectivity index (χ1v) is 6.54. The number of rotatable bonds is 3. The molecule has 3 rings (SSSR count). The van der Waals surface area contributed by atoms with Crippen molar-refractivity contribution in [2.75, 3.05) is 6.61 Å². The summed E-state index contributed by atoms with van der Waals surface area (Å²) >= 11 is 0. The standard InChI is InChI=1S/C17H14O3/c1-2-19-13-8-9-16-14(10-13)15(18)11-17(20-16)12-6-4-3-5-7-12/h3-11H,2H2,1H3. The molecule has 0 aliphatic heterocycles. The largest absolute Gasteiger partial charge is 0.494 e. The van der Waals surface area contributed by atoms with Gasteiger partial charge in [0.15, 0.2) is 5.43 Å². The lowest BCUT2D eigenvalue weighted by Crippen LogP contribution is -2.01. The van der Waals surface area contributed by atoms with Gasteiger partial charge in [-0.05, 0) is 25.1 Å². The molecule has 0 saturated heterocycles. The smallest absolute Gasteiger partial charge is 0.193 e. The average Bonchev–Trinajstić information content (AvgIpc) is 2.49. The van der Waals surface area contributed by atoms with Crippen LogP contribution in [0, 0.1) is 0 Å². The Kier molecular flexibility index (Phi) is 3.25. The summed E-state index contributed by atoms with van der Waals surface area (Å²) in [5.41, 5.74) is 1.40. The van der Waals surface area contributed by atoms with Gasteiger partial charge in [0.1, 0.15) is 17.1 Å². The topological polar surface area (TPSA) is 39.4 Å². The summed E-state index contributed by atoms with van der Waals surface area (Å²) in [5, 5.41) is 0.538. The summed E-state index contributed by atoms with van der Waals surface area (Å²) in [6, 6.07) is 16.4. The van der Waals surface area contributed by atoms with Crippen LogP contribution in [-0.4, -0.2) is 6.61 Å². The van der Waals surface area contributed by atoms with Crippen molar-refractivity contribution in [1.82, 2.24) is 0 Å². The van der Waals surface area contributed by atoms with Crippen LogP contribution in [0.15, 0.2) is 63.8 Å². The van der Waals surface area contributed by atoms with E-state index in [1.807, 2.05) is 43.3 Å². The molecular weight excluding hydrogens is 252 g/mol. The molecule has 0 atom stereocenters. The zero-order chi connectivity index (χ0) is 13.9. The molecule has 0 amide bonds. The van der Waals surface area contributed by atoms with Crippen molar-refractivity contribution < 1.29 is 9.15 Å². The van der Waals surface area contributed by atoms with Gasteiger partial charge in [0.25, 0.3) is 0 Å². The molecule has 3 nitrogen and oxygen atoms in total. The van der Waals surface area contributed by atoms with Gasteiger partial charge in [-0.15, -0.1) is 0 Å². The number of ether oxygens (including phenoxy) is 1. The van der Waals surface area contributed by atoms with Crippen molar-refractivity contribution in [1.29, 1.82) is 0 Å². The lowest BCUT2D eigenvalue weighted by atomic mass is 10.1. The maximum Gasteiger partial charge on any atom is 0.193 e. The number of hydrogen-bond acceptors (Lipinski definition) is 3. The molecule has 2 aromatic carbocycles. The summed E-state index contributed by atoms with van der Waals surface area (Å²) in [6.45, 7) is 2.48. The first-order chi connectivity index (χ1) is 9.78. The predicted octanol–water partition coefficient (Wildman–Crippen LogP) is 3.86. The van der Waals surface area contributed by atoms with E-state index in [-0.39, 0.29) is 5.43 Å². The molecule has 0 radical (unpaired) electrons. The Balaban J connectivity index is 2.16. The van der Waals surface area contributed by atoms with Gasteiger partial charge in [-0.3, -0.25) is 4.79 Å². The van der Waals surface area contributed by atoms with Crippen LogP contribution in [-0.2, 0) is 0 Å². The average molecular weight is 266 g/mol. The lowest BCUT2D eigenvalue weighted by Gasteiger charge is -2.06. The zero-order valence-electron chi connectivity index (χ0n) is 11.1. The molecule has 0 spiro atoms. The van der Waals surface area contributed by atoms with Crippen molar-refractivity contribution in [3.63, 3.8) is 0 Å². The summed E-state index contributed by atoms with van der Waals surface area (Å²) in [4.78, 5) is 12.2. The summed E-state index contributed by atoms with van der Waals surface area (Å²) in [5.74, 6) is 1.26. The molecule has 0 bridgehead atoms. The van der Waals surface area contributed by atoms with Crippen LogP contribution in [0.5, 0.6) is 5.75 Å². The van der Waals surface area contributed by atoms with Crippen LogP contribution in [0.2, 0.25) is 0 Å². The SMILES string of the molecule is CCOc1ccc2oc(-c3ccccc3)cc(=O)c2c1. The second-order valence-electron chi connectivity index (χ2n) is 4.43. The molecule has 0 unspecified atom stereocenters. The highest BCUT2D eigenvalue weighted by Crippen LogP contribution is 2.24. The van der Waals surface area contributed by atoms with E-state index in [9.17, 15) is 4.79 Å². The maximum atomic E-state index is 12.2. The molecule has 0 aliphatic rings. The van der Waals surface area contributed by atoms with E-state index in [1.54, 1.807) is 12.1 Å². The molecule has 20 heavy (non-hydrogen) atoms. The molecule has 3 aromatic rings. The van der Waals surface area contributed by atoms with Crippen molar-refractivity contribution >= 4 is 11.0 Å². The first kappa shape index (κ1) is 12.5. The Hall–Kier alpha value is -2.55. The number of benzene rings is 2. The van der Waals surface area contributed by atoms with E-state index in [0.29, 0.717) is 29.1 Å². The zero-order valence-corrected chi connectivity index (χ0v) is 11.1. The van der Waals surface area contributed by atoms with Crippen LogP contribution >= 0.6 is 0 Å². The summed E-state index contributed by atoms with van der Waals surface area (Å²) in [6.07, 6.45) is 0. The van der Waals surface area contributed by atoms with Gasteiger partial charge in [0.2, 0.25) is 0 Å². The highest BCUT2D eigenvalue weighted by atomic mass is 16.5. The minimum Gasteiger partial charge on any atom is -0.494 e. The van der Waals surface area contributed by atoms with Gasteiger partial charge in [0.05, 0.1) is 12.0 Å². The van der Waals surface area contributed by atoms with Crippen LogP contribution in [0.4, 0.5) is 0 Å². The predicted molar refractivity (Wildman–Crippen MR) is 79.1 cm³/mol. The fourth-order valence-corrected chi connectivity index (χ4v) is 2.14. The van der Waals surface area contributed by atoms with Crippen LogP contribution < -0.4 is 10.2 Å². The molecule has 0 saturated carbocycles. The highest BCUT2D eigenvalue weighted by molar-refractivity contribution is 5.80. The van der Waals surface area contributed by atoms with Crippen molar-refractivity contribution in [3.8, 4) is 17.1 Å². The molecule has 0 aliphatic carbocycles. The van der Waals surface area contributed by atoms with E-state index in [4.69, 9.17) is 9.15 Å². The Labute approximate surface area is 116 Å². The van der Waals surface area contributed by atoms with E-state index in [2.05, 4.69) is 0 Å². The molecule has 0 fully saturated rings. The minimum absolute atomic E-state index is 0.0633. The Morgan fingerprint density at radius 2 is 1.85 bits per heavy atom. The molecule has 100 valence electrons. The van der Waals surface area contributed by atoms with Crippen LogP contribution in [0.3, 0.4) is 0 Å². The Morgan fingerprint density at radius 1 is 1.05 bits per heavy atom. The van der Waals surface area contributed by atoms with Crippen molar-refractivity contribution in [3.05, 3.63) is 64.8 Å². The van der Waals surface area contributed by atoms with Crippen LogP contribution in [0.25, 0.3) is 22.3 Å². The number of fused-ring (bicyclic) bond motifs is 1. The highest BCUT2D eigenvalue weighted by Gasteiger charge is 2.07.